The predicted molar refractivity (Wildman–Crippen MR) is 84.0 cm³/mol. The van der Waals surface area contributed by atoms with Crippen LogP contribution in [0.2, 0.25) is 0 Å². The molecule has 0 spiro atoms. The molecule has 0 radical (unpaired) electrons. The number of nitrogens with one attached hydrogen (secondary N) is 1. The van der Waals surface area contributed by atoms with Crippen molar-refractivity contribution in [3.63, 3.8) is 0 Å². The van der Waals surface area contributed by atoms with Gasteiger partial charge in [-0.2, -0.15) is 0 Å². The van der Waals surface area contributed by atoms with E-state index in [0.717, 1.165) is 28.0 Å². The smallest absolute Gasteiger partial charge is 0.245 e. The molecule has 0 saturated heterocycles. The lowest BCUT2D eigenvalue weighted by atomic mass is 10.1. The maximum atomic E-state index is 11.6. The molecule has 1 aliphatic heterocycles. The fourth-order valence-electron chi connectivity index (χ4n) is 2.20. The maximum Gasteiger partial charge on any atom is 0.245 e. The van der Waals surface area contributed by atoms with Crippen molar-refractivity contribution in [1.82, 2.24) is 0 Å². The molecule has 1 heterocycles. The maximum absolute atomic E-state index is 11.6. The molecule has 0 aromatic heterocycles. The number of nitrogens with two attached hydrogens (primary N) is 1. The van der Waals surface area contributed by atoms with E-state index in [-0.39, 0.29) is 5.91 Å². The van der Waals surface area contributed by atoms with Gasteiger partial charge in [-0.25, -0.2) is 0 Å². The van der Waals surface area contributed by atoms with Crippen LogP contribution >= 0.6 is 15.9 Å². The molecule has 1 unspecified atom stereocenters. The van der Waals surface area contributed by atoms with Gasteiger partial charge in [0.25, 0.3) is 0 Å². The number of carbonyl (C=O) groups excluding carboxylic acids is 1. The van der Waals surface area contributed by atoms with E-state index in [2.05, 4.69) is 32.7 Å². The van der Waals surface area contributed by atoms with Gasteiger partial charge >= 0.3 is 0 Å². The summed E-state index contributed by atoms with van der Waals surface area (Å²) in [5.74, 6) is -0.170. The Morgan fingerprint density at radius 2 is 2.35 bits per heavy atom. The van der Waals surface area contributed by atoms with E-state index in [9.17, 15) is 4.79 Å². The number of fused-ring (bicyclic) bond motifs is 1. The van der Waals surface area contributed by atoms with Crippen LogP contribution in [0, 0.1) is 0 Å². The number of hydrogen-bond acceptors (Lipinski definition) is 4. The second-order valence-electron chi connectivity index (χ2n) is 4.59. The molecule has 0 bridgehead atoms. The fraction of sp³-hybridized carbons (Fsp3) is 0.357. The fourth-order valence-corrected chi connectivity index (χ4v) is 2.82. The third kappa shape index (κ3) is 2.87. The number of hydrogen-bond donors (Lipinski definition) is 2. The van der Waals surface area contributed by atoms with Crippen LogP contribution in [0.25, 0.3) is 0 Å². The molecule has 1 amide bonds. The third-order valence-corrected chi connectivity index (χ3v) is 3.89. The molecule has 1 aliphatic rings. The van der Waals surface area contributed by atoms with Crippen LogP contribution < -0.4 is 16.0 Å². The highest BCUT2D eigenvalue weighted by Gasteiger charge is 2.28. The highest BCUT2D eigenvalue weighted by Crippen LogP contribution is 2.38. The van der Waals surface area contributed by atoms with Gasteiger partial charge in [-0.05, 0) is 28.1 Å². The first-order chi connectivity index (χ1) is 9.58. The molecule has 2 rings (SSSR count). The first-order valence-corrected chi connectivity index (χ1v) is 7.12. The van der Waals surface area contributed by atoms with Crippen molar-refractivity contribution >= 4 is 33.2 Å². The van der Waals surface area contributed by atoms with Gasteiger partial charge in [-0.1, -0.05) is 6.08 Å². The van der Waals surface area contributed by atoms with Crippen LogP contribution in [0.1, 0.15) is 11.6 Å². The number of amides is 1. The Kier molecular flexibility index (Phi) is 4.80. The molecule has 1 aromatic rings. The minimum Gasteiger partial charge on any atom is -0.383 e. The van der Waals surface area contributed by atoms with Gasteiger partial charge in [-0.3, -0.25) is 4.79 Å². The summed E-state index contributed by atoms with van der Waals surface area (Å²) in [5.41, 5.74) is 8.41. The van der Waals surface area contributed by atoms with Crippen LogP contribution in [0.15, 0.2) is 29.3 Å². The standard InChI is InChI=1S/C14H18BrN3O2/c1-3-4-18(5-6-20-2)12-8-11-9(7-10(12)15)13(16)14(19)17-11/h3,7-8,13H,1,4-6,16H2,2H3,(H,17,19). The summed E-state index contributed by atoms with van der Waals surface area (Å²) in [6, 6.07) is 3.24. The van der Waals surface area contributed by atoms with Crippen LogP contribution in [0.5, 0.6) is 0 Å². The average Bonchev–Trinajstić information content (AvgIpc) is 2.70. The van der Waals surface area contributed by atoms with Gasteiger partial charge in [0.15, 0.2) is 0 Å². The number of anilines is 2. The SMILES string of the molecule is C=CCN(CCOC)c1cc2c(cc1Br)C(N)C(=O)N2. The monoisotopic (exact) mass is 339 g/mol. The third-order valence-electron chi connectivity index (χ3n) is 3.25. The second-order valence-corrected chi connectivity index (χ2v) is 5.44. The van der Waals surface area contributed by atoms with E-state index in [1.54, 1.807) is 7.11 Å². The predicted octanol–water partition coefficient (Wildman–Crippen LogP) is 2.04. The van der Waals surface area contributed by atoms with Crippen molar-refractivity contribution in [3.8, 4) is 0 Å². The number of carbonyl (C=O) groups is 1. The molecule has 6 heteroatoms. The highest BCUT2D eigenvalue weighted by molar-refractivity contribution is 9.10. The Hall–Kier alpha value is -1.37. The van der Waals surface area contributed by atoms with Crippen LogP contribution in [-0.4, -0.2) is 32.7 Å². The molecular formula is C14H18BrN3O2. The zero-order valence-electron chi connectivity index (χ0n) is 11.4. The van der Waals surface area contributed by atoms with E-state index < -0.39 is 6.04 Å². The Labute approximate surface area is 126 Å². The Bertz CT molecular complexity index is 533. The molecule has 1 aromatic carbocycles. The molecule has 3 N–H and O–H groups in total. The lowest BCUT2D eigenvalue weighted by Gasteiger charge is -2.25. The van der Waals surface area contributed by atoms with E-state index >= 15 is 0 Å². The van der Waals surface area contributed by atoms with E-state index in [0.29, 0.717) is 13.2 Å². The number of rotatable bonds is 6. The van der Waals surface area contributed by atoms with Crippen molar-refractivity contribution in [2.45, 2.75) is 6.04 Å². The minimum atomic E-state index is -0.595. The van der Waals surface area contributed by atoms with Crippen LogP contribution in [0.4, 0.5) is 11.4 Å². The summed E-state index contributed by atoms with van der Waals surface area (Å²) in [4.78, 5) is 13.7. The molecule has 108 valence electrons. The molecule has 1 atom stereocenters. The van der Waals surface area contributed by atoms with Crippen molar-refractivity contribution in [1.29, 1.82) is 0 Å². The average molecular weight is 340 g/mol. The first-order valence-electron chi connectivity index (χ1n) is 6.33. The van der Waals surface area contributed by atoms with E-state index in [1.807, 2.05) is 18.2 Å². The Balaban J connectivity index is 2.34. The van der Waals surface area contributed by atoms with E-state index in [4.69, 9.17) is 10.5 Å². The minimum absolute atomic E-state index is 0.170. The summed E-state index contributed by atoms with van der Waals surface area (Å²) < 4.78 is 6.03. The molecule has 5 nitrogen and oxygen atoms in total. The number of halogens is 1. The zero-order chi connectivity index (χ0) is 14.7. The van der Waals surface area contributed by atoms with Crippen LogP contribution in [-0.2, 0) is 9.53 Å². The normalized spacial score (nSPS) is 16.8. The van der Waals surface area contributed by atoms with Crippen molar-refractivity contribution in [2.24, 2.45) is 5.73 Å². The van der Waals surface area contributed by atoms with Crippen molar-refractivity contribution in [3.05, 3.63) is 34.8 Å². The topological polar surface area (TPSA) is 67.6 Å². The lowest BCUT2D eigenvalue weighted by Crippen LogP contribution is -2.27. The summed E-state index contributed by atoms with van der Waals surface area (Å²) >= 11 is 3.55. The van der Waals surface area contributed by atoms with Crippen molar-refractivity contribution in [2.75, 3.05) is 37.0 Å². The largest absolute Gasteiger partial charge is 0.383 e. The number of methoxy groups -OCH3 is 1. The molecule has 0 aliphatic carbocycles. The second kappa shape index (κ2) is 6.39. The first kappa shape index (κ1) is 15.0. The molecule has 0 fully saturated rings. The summed E-state index contributed by atoms with van der Waals surface area (Å²) in [5, 5.41) is 2.80. The summed E-state index contributed by atoms with van der Waals surface area (Å²) in [6.07, 6.45) is 1.83. The van der Waals surface area contributed by atoms with Gasteiger partial charge < -0.3 is 20.7 Å². The quantitative estimate of drug-likeness (QED) is 0.778. The molecular weight excluding hydrogens is 322 g/mol. The van der Waals surface area contributed by atoms with Gasteiger partial charge in [0.05, 0.1) is 12.3 Å². The van der Waals surface area contributed by atoms with Gasteiger partial charge in [0.1, 0.15) is 6.04 Å². The van der Waals surface area contributed by atoms with Crippen molar-refractivity contribution < 1.29 is 9.53 Å². The number of ether oxygens (including phenoxy) is 1. The summed E-state index contributed by atoms with van der Waals surface area (Å²) in [7, 11) is 1.67. The van der Waals surface area contributed by atoms with E-state index in [1.165, 1.54) is 0 Å². The number of benzene rings is 1. The van der Waals surface area contributed by atoms with Crippen LogP contribution in [0.3, 0.4) is 0 Å². The van der Waals surface area contributed by atoms with Gasteiger partial charge in [-0.15, -0.1) is 6.58 Å². The van der Waals surface area contributed by atoms with Gasteiger partial charge in [0.2, 0.25) is 5.91 Å². The van der Waals surface area contributed by atoms with Gasteiger partial charge in [0, 0.05) is 35.9 Å². The Morgan fingerprint density at radius 3 is 3.00 bits per heavy atom. The summed E-state index contributed by atoms with van der Waals surface area (Å²) in [6.45, 7) is 5.82. The lowest BCUT2D eigenvalue weighted by molar-refractivity contribution is -0.116. The number of nitrogens with zero attached hydrogens (tertiary/aromatic N) is 1. The molecule has 0 saturated carbocycles. The zero-order valence-corrected chi connectivity index (χ0v) is 12.9. The molecule has 20 heavy (non-hydrogen) atoms. The Morgan fingerprint density at radius 1 is 1.60 bits per heavy atom. The highest BCUT2D eigenvalue weighted by atomic mass is 79.9.